The summed E-state index contributed by atoms with van der Waals surface area (Å²) in [5.74, 6) is 2.86. The zero-order valence-electron chi connectivity index (χ0n) is 13.5. The first-order valence-corrected chi connectivity index (χ1v) is 7.89. The number of hydrogen-bond acceptors (Lipinski definition) is 2. The standard InChI is InChI=1S/C17H27N3O.HI/c1-13(2)9-10-19-17(18)20-11-15-5-3-4-6-16(15)21-12-14-7-8-14;/h3-6,13-14H,7-12H2,1-2H3,(H3,18,19,20);1H. The van der Waals surface area contributed by atoms with Crippen LogP contribution in [0.25, 0.3) is 0 Å². The molecule has 1 aromatic carbocycles. The van der Waals surface area contributed by atoms with Crippen LogP contribution in [0.2, 0.25) is 0 Å². The molecule has 1 aliphatic carbocycles. The number of nitrogens with one attached hydrogen (secondary N) is 1. The summed E-state index contributed by atoms with van der Waals surface area (Å²) in [6, 6.07) is 8.07. The number of nitrogens with zero attached hydrogens (tertiary/aromatic N) is 1. The number of aliphatic imine (C=N–C) groups is 1. The Bertz CT molecular complexity index is 473. The monoisotopic (exact) mass is 417 g/mol. The second kappa shape index (κ2) is 9.92. The summed E-state index contributed by atoms with van der Waals surface area (Å²) in [5, 5.41) is 3.15. The van der Waals surface area contributed by atoms with E-state index in [1.165, 1.54) is 12.8 Å². The Hall–Kier alpha value is -0.980. The summed E-state index contributed by atoms with van der Waals surface area (Å²) < 4.78 is 5.88. The van der Waals surface area contributed by atoms with Crippen LogP contribution in [-0.2, 0) is 6.54 Å². The second-order valence-electron chi connectivity index (χ2n) is 6.17. The molecule has 22 heavy (non-hydrogen) atoms. The molecule has 0 heterocycles. The highest BCUT2D eigenvalue weighted by Crippen LogP contribution is 2.30. The summed E-state index contributed by atoms with van der Waals surface area (Å²) in [5.41, 5.74) is 6.98. The van der Waals surface area contributed by atoms with Crippen LogP contribution in [-0.4, -0.2) is 19.1 Å². The molecule has 0 aliphatic heterocycles. The molecule has 0 amide bonds. The van der Waals surface area contributed by atoms with Gasteiger partial charge in [-0.05, 0) is 37.2 Å². The van der Waals surface area contributed by atoms with Gasteiger partial charge in [0.05, 0.1) is 13.2 Å². The molecule has 0 radical (unpaired) electrons. The van der Waals surface area contributed by atoms with Crippen molar-refractivity contribution in [1.29, 1.82) is 0 Å². The molecular weight excluding hydrogens is 389 g/mol. The minimum atomic E-state index is 0. The third-order valence-corrected chi connectivity index (χ3v) is 3.59. The van der Waals surface area contributed by atoms with Gasteiger partial charge in [-0.15, -0.1) is 24.0 Å². The molecular formula is C17H28IN3O. The fourth-order valence-corrected chi connectivity index (χ4v) is 1.98. The summed E-state index contributed by atoms with van der Waals surface area (Å²) in [6.07, 6.45) is 3.69. The van der Waals surface area contributed by atoms with Gasteiger partial charge in [-0.2, -0.15) is 0 Å². The van der Waals surface area contributed by atoms with E-state index in [4.69, 9.17) is 10.5 Å². The lowest BCUT2D eigenvalue weighted by Crippen LogP contribution is -2.32. The van der Waals surface area contributed by atoms with Crippen LogP contribution in [0.15, 0.2) is 29.3 Å². The molecule has 124 valence electrons. The van der Waals surface area contributed by atoms with Gasteiger partial charge in [0.1, 0.15) is 5.75 Å². The van der Waals surface area contributed by atoms with Gasteiger partial charge in [-0.3, -0.25) is 0 Å². The number of halogens is 1. The van der Waals surface area contributed by atoms with E-state index in [1.54, 1.807) is 0 Å². The average molecular weight is 417 g/mol. The first kappa shape index (κ1) is 19.1. The lowest BCUT2D eigenvalue weighted by molar-refractivity contribution is 0.297. The highest BCUT2D eigenvalue weighted by atomic mass is 127. The summed E-state index contributed by atoms with van der Waals surface area (Å²) in [6.45, 7) is 6.64. The lowest BCUT2D eigenvalue weighted by Gasteiger charge is -2.10. The average Bonchev–Trinajstić information content (AvgIpc) is 3.27. The Labute approximate surface area is 150 Å². The molecule has 0 aromatic heterocycles. The summed E-state index contributed by atoms with van der Waals surface area (Å²) >= 11 is 0. The zero-order chi connectivity index (χ0) is 15.1. The molecule has 0 spiro atoms. The van der Waals surface area contributed by atoms with Gasteiger partial charge in [0, 0.05) is 12.1 Å². The van der Waals surface area contributed by atoms with E-state index >= 15 is 0 Å². The van der Waals surface area contributed by atoms with E-state index in [1.807, 2.05) is 24.3 Å². The Balaban J connectivity index is 0.00000242. The van der Waals surface area contributed by atoms with Crippen LogP contribution in [0.3, 0.4) is 0 Å². The second-order valence-corrected chi connectivity index (χ2v) is 6.17. The van der Waals surface area contributed by atoms with Crippen molar-refractivity contribution in [1.82, 2.24) is 5.32 Å². The number of nitrogens with two attached hydrogens (primary N) is 1. The largest absolute Gasteiger partial charge is 0.493 e. The van der Waals surface area contributed by atoms with Gasteiger partial charge in [0.15, 0.2) is 5.96 Å². The van der Waals surface area contributed by atoms with Gasteiger partial charge in [0.2, 0.25) is 0 Å². The number of hydrogen-bond donors (Lipinski definition) is 2. The Morgan fingerprint density at radius 1 is 1.36 bits per heavy atom. The molecule has 1 aromatic rings. The number of ether oxygens (including phenoxy) is 1. The van der Waals surface area contributed by atoms with Crippen molar-refractivity contribution in [3.8, 4) is 5.75 Å². The van der Waals surface area contributed by atoms with Gasteiger partial charge in [-0.25, -0.2) is 4.99 Å². The molecule has 5 heteroatoms. The quantitative estimate of drug-likeness (QED) is 0.387. The van der Waals surface area contributed by atoms with Crippen LogP contribution in [0.5, 0.6) is 5.75 Å². The van der Waals surface area contributed by atoms with E-state index in [9.17, 15) is 0 Å². The summed E-state index contributed by atoms with van der Waals surface area (Å²) in [4.78, 5) is 4.40. The smallest absolute Gasteiger partial charge is 0.188 e. The highest BCUT2D eigenvalue weighted by Gasteiger charge is 2.22. The molecule has 0 saturated heterocycles. The Morgan fingerprint density at radius 3 is 2.77 bits per heavy atom. The number of guanidine groups is 1. The summed E-state index contributed by atoms with van der Waals surface area (Å²) in [7, 11) is 0. The van der Waals surface area contributed by atoms with E-state index in [0.717, 1.165) is 36.8 Å². The van der Waals surface area contributed by atoms with E-state index in [-0.39, 0.29) is 24.0 Å². The van der Waals surface area contributed by atoms with Crippen molar-refractivity contribution in [2.45, 2.75) is 39.7 Å². The Kier molecular flexibility index (Phi) is 8.60. The minimum absolute atomic E-state index is 0. The molecule has 1 aliphatic rings. The van der Waals surface area contributed by atoms with E-state index in [2.05, 4.69) is 24.2 Å². The van der Waals surface area contributed by atoms with Crippen LogP contribution in [0, 0.1) is 11.8 Å². The first-order valence-electron chi connectivity index (χ1n) is 7.89. The van der Waals surface area contributed by atoms with Crippen molar-refractivity contribution < 1.29 is 4.74 Å². The zero-order valence-corrected chi connectivity index (χ0v) is 15.9. The normalized spacial score (nSPS) is 14.6. The predicted molar refractivity (Wildman–Crippen MR) is 103 cm³/mol. The fraction of sp³-hybridized carbons (Fsp3) is 0.588. The van der Waals surface area contributed by atoms with Gasteiger partial charge in [-0.1, -0.05) is 32.0 Å². The first-order chi connectivity index (χ1) is 10.1. The molecule has 4 nitrogen and oxygen atoms in total. The molecule has 1 saturated carbocycles. The maximum absolute atomic E-state index is 5.89. The maximum atomic E-state index is 5.89. The molecule has 0 unspecified atom stereocenters. The number of benzene rings is 1. The van der Waals surface area contributed by atoms with Crippen LogP contribution in [0.4, 0.5) is 0 Å². The van der Waals surface area contributed by atoms with Gasteiger partial charge >= 0.3 is 0 Å². The molecule has 0 atom stereocenters. The van der Waals surface area contributed by atoms with Crippen molar-refractivity contribution in [2.24, 2.45) is 22.6 Å². The van der Waals surface area contributed by atoms with Crippen LogP contribution in [0.1, 0.15) is 38.7 Å². The Morgan fingerprint density at radius 2 is 2.09 bits per heavy atom. The SMILES string of the molecule is CC(C)CCNC(N)=NCc1ccccc1OCC1CC1.I. The maximum Gasteiger partial charge on any atom is 0.188 e. The van der Waals surface area contributed by atoms with Gasteiger partial charge < -0.3 is 15.8 Å². The van der Waals surface area contributed by atoms with Crippen molar-refractivity contribution in [3.63, 3.8) is 0 Å². The molecule has 3 N–H and O–H groups in total. The predicted octanol–water partition coefficient (Wildman–Crippen LogP) is 3.54. The van der Waals surface area contributed by atoms with Crippen LogP contribution < -0.4 is 15.8 Å². The van der Waals surface area contributed by atoms with Crippen molar-refractivity contribution in [2.75, 3.05) is 13.2 Å². The molecule has 0 bridgehead atoms. The molecule has 1 fully saturated rings. The topological polar surface area (TPSA) is 59.6 Å². The lowest BCUT2D eigenvalue weighted by atomic mass is 10.1. The van der Waals surface area contributed by atoms with Crippen molar-refractivity contribution >= 4 is 29.9 Å². The minimum Gasteiger partial charge on any atom is -0.493 e. The van der Waals surface area contributed by atoms with Crippen molar-refractivity contribution in [3.05, 3.63) is 29.8 Å². The fourth-order valence-electron chi connectivity index (χ4n) is 1.98. The number of rotatable bonds is 8. The van der Waals surface area contributed by atoms with E-state index < -0.39 is 0 Å². The third kappa shape index (κ3) is 7.33. The molecule has 2 rings (SSSR count). The highest BCUT2D eigenvalue weighted by molar-refractivity contribution is 14.0. The van der Waals surface area contributed by atoms with E-state index in [0.29, 0.717) is 18.4 Å². The third-order valence-electron chi connectivity index (χ3n) is 3.59. The van der Waals surface area contributed by atoms with Crippen LogP contribution >= 0.6 is 24.0 Å². The number of para-hydroxylation sites is 1. The van der Waals surface area contributed by atoms with Gasteiger partial charge in [0.25, 0.3) is 0 Å².